The molecule has 0 saturated carbocycles. The molecule has 41 heavy (non-hydrogen) atoms. The second-order valence-corrected chi connectivity index (χ2v) is 10.6. The molecule has 221 valence electrons. The highest BCUT2D eigenvalue weighted by atomic mass is 16.5. The van der Waals surface area contributed by atoms with Gasteiger partial charge in [0.25, 0.3) is 0 Å². The fourth-order valence-corrected chi connectivity index (χ4v) is 5.01. The summed E-state index contributed by atoms with van der Waals surface area (Å²) in [6.07, 6.45) is -0.775. The average molecular weight is 573 g/mol. The number of fused-ring (bicyclic) bond motifs is 1. The second kappa shape index (κ2) is 13.1. The lowest BCUT2D eigenvalue weighted by Crippen LogP contribution is -2.56. The van der Waals surface area contributed by atoms with E-state index in [1.807, 2.05) is 0 Å². The Hall–Kier alpha value is -4.04. The largest absolute Gasteiger partial charge is 0.494 e. The van der Waals surface area contributed by atoms with Gasteiger partial charge in [0.05, 0.1) is 17.6 Å². The molecule has 4 amide bonds. The minimum atomic E-state index is -1.26. The van der Waals surface area contributed by atoms with E-state index in [1.165, 1.54) is 44.1 Å². The number of nitrogens with two attached hydrogens (primary N) is 1. The van der Waals surface area contributed by atoms with Crippen LogP contribution in [-0.2, 0) is 23.9 Å². The summed E-state index contributed by atoms with van der Waals surface area (Å²) in [4.78, 5) is 91.2. The molecule has 1 radical (unpaired) electrons. The molecule has 1 saturated heterocycles. The van der Waals surface area contributed by atoms with E-state index in [-0.39, 0.29) is 16.8 Å². The van der Waals surface area contributed by atoms with Crippen molar-refractivity contribution in [2.75, 3.05) is 18.7 Å². The number of anilines is 1. The number of rotatable bonds is 10. The van der Waals surface area contributed by atoms with Crippen LogP contribution in [0.5, 0.6) is 0 Å². The quantitative estimate of drug-likeness (QED) is 0.318. The van der Waals surface area contributed by atoms with E-state index in [9.17, 15) is 33.7 Å². The molecule has 0 spiro atoms. The number of likely N-dealkylation sites (tertiary alicyclic amines) is 1. The van der Waals surface area contributed by atoms with Crippen molar-refractivity contribution in [2.24, 2.45) is 11.7 Å². The summed E-state index contributed by atoms with van der Waals surface area (Å²) >= 11 is 0. The van der Waals surface area contributed by atoms with Gasteiger partial charge in [0.1, 0.15) is 28.8 Å². The maximum absolute atomic E-state index is 13.9. The number of carbonyl (C=O) groups is 6. The molecule has 0 aliphatic carbocycles. The van der Waals surface area contributed by atoms with E-state index in [0.29, 0.717) is 24.4 Å². The van der Waals surface area contributed by atoms with Crippen molar-refractivity contribution in [2.45, 2.75) is 77.2 Å². The maximum Gasteiger partial charge on any atom is 0.494 e. The smallest absolute Gasteiger partial charge is 0.371 e. The molecule has 14 heteroatoms. The topological polar surface area (TPSA) is 199 Å². The van der Waals surface area contributed by atoms with Crippen LogP contribution in [0, 0.1) is 10.8 Å². The van der Waals surface area contributed by atoms with Gasteiger partial charge in [0.2, 0.25) is 17.7 Å². The number of hydrogen-bond acceptors (Lipinski definition) is 10. The first-order valence-corrected chi connectivity index (χ1v) is 13.4. The molecule has 2 aliphatic heterocycles. The number of benzene rings is 1. The first-order valence-electron chi connectivity index (χ1n) is 13.4. The third-order valence-electron chi connectivity index (χ3n) is 7.26. The van der Waals surface area contributed by atoms with Crippen LogP contribution in [0.3, 0.4) is 0 Å². The maximum atomic E-state index is 13.9. The minimum absolute atomic E-state index is 0.0868. The molecule has 1 fully saturated rings. The lowest BCUT2D eigenvalue weighted by atomic mass is 9.89. The van der Waals surface area contributed by atoms with Gasteiger partial charge in [-0.1, -0.05) is 26.0 Å². The van der Waals surface area contributed by atoms with Crippen molar-refractivity contribution in [3.8, 4) is 0 Å². The summed E-state index contributed by atoms with van der Waals surface area (Å²) in [7, 11) is 1.22. The van der Waals surface area contributed by atoms with Gasteiger partial charge in [-0.15, -0.1) is 0 Å². The number of nitroso groups, excluding NO2 is 1. The van der Waals surface area contributed by atoms with Crippen molar-refractivity contribution in [1.82, 2.24) is 20.8 Å². The lowest BCUT2D eigenvalue weighted by Gasteiger charge is -2.30. The normalized spacial score (nSPS) is 21.0. The van der Waals surface area contributed by atoms with E-state index >= 15 is 0 Å². The molecule has 0 bridgehead atoms. The van der Waals surface area contributed by atoms with Gasteiger partial charge >= 0.3 is 11.2 Å². The Labute approximate surface area is 237 Å². The van der Waals surface area contributed by atoms with Crippen molar-refractivity contribution >= 4 is 40.9 Å². The predicted molar refractivity (Wildman–Crippen MR) is 146 cm³/mol. The number of carbonyl (C=O) groups excluding carboxylic acids is 6. The van der Waals surface area contributed by atoms with Gasteiger partial charge in [-0.3, -0.25) is 28.8 Å². The number of methoxy groups -OCH3 is 1. The van der Waals surface area contributed by atoms with E-state index in [0.717, 1.165) is 0 Å². The molecule has 1 aromatic carbocycles. The highest BCUT2D eigenvalue weighted by molar-refractivity contribution is 6.18. The zero-order valence-electron chi connectivity index (χ0n) is 23.7. The van der Waals surface area contributed by atoms with Crippen molar-refractivity contribution < 1.29 is 33.5 Å². The average Bonchev–Trinajstić information content (AvgIpc) is 3.40. The van der Waals surface area contributed by atoms with E-state index < -0.39 is 77.8 Å². The molecule has 2 aliphatic rings. The Bertz CT molecular complexity index is 1250. The molecular formula is C27H36N6O8+. The third kappa shape index (κ3) is 6.49. The van der Waals surface area contributed by atoms with Crippen molar-refractivity contribution in [1.29, 1.82) is 0 Å². The van der Waals surface area contributed by atoms with Gasteiger partial charge in [0, 0.05) is 30.6 Å². The van der Waals surface area contributed by atoms with Crippen LogP contribution in [-0.4, -0.2) is 84.0 Å². The Balaban J connectivity index is 1.88. The highest BCUT2D eigenvalue weighted by Gasteiger charge is 2.45. The second-order valence-electron chi connectivity index (χ2n) is 10.6. The number of hydrogen-bond donors (Lipinski definition) is 3. The van der Waals surface area contributed by atoms with Gasteiger partial charge in [-0.2, -0.15) is 0 Å². The number of ketones is 2. The van der Waals surface area contributed by atoms with Crippen LogP contribution in [0.4, 0.5) is 5.69 Å². The molecule has 0 aromatic heterocycles. The van der Waals surface area contributed by atoms with Crippen LogP contribution < -0.4 is 26.7 Å². The van der Waals surface area contributed by atoms with Crippen molar-refractivity contribution in [3.63, 3.8) is 0 Å². The van der Waals surface area contributed by atoms with E-state index in [1.54, 1.807) is 13.8 Å². The van der Waals surface area contributed by atoms with Gasteiger partial charge in [-0.05, 0) is 38.7 Å². The predicted octanol–water partition coefficient (Wildman–Crippen LogP) is -0.195. The van der Waals surface area contributed by atoms with Gasteiger partial charge in [0.15, 0.2) is 11.6 Å². The highest BCUT2D eigenvalue weighted by Crippen LogP contribution is 2.31. The number of ether oxygens (including phenoxy) is 1. The fraction of sp³-hybridized carbons (Fsp3) is 0.556. The summed E-state index contributed by atoms with van der Waals surface area (Å²) in [5, 5.41) is 8.53. The van der Waals surface area contributed by atoms with E-state index in [4.69, 9.17) is 10.5 Å². The standard InChI is InChI=1S/C27H36N6O8/c1-13(2)22(30-25(37)18-10-7-11-32(18)26(38)15(4)29-24(36)14(3)28)23(35)16-8-6-9-17-21(16)19(34)12-20(41-5)27(39)33(17)31-40/h6,8-9,13-15,18,20,22H,7,10-12,28H2,1-5H3,(H,29,36)(H,30,37)/q+1/t14-,15-,18-,20?,22-/m0/s1. The summed E-state index contributed by atoms with van der Waals surface area (Å²) in [5.41, 5.74) is 5.17. The molecule has 1 unspecified atom stereocenters. The summed E-state index contributed by atoms with van der Waals surface area (Å²) in [6, 6.07) is 0.413. The van der Waals surface area contributed by atoms with Crippen LogP contribution in [0.15, 0.2) is 18.2 Å². The molecule has 14 nitrogen and oxygen atoms in total. The molecule has 4 N–H and O–H groups in total. The van der Waals surface area contributed by atoms with E-state index in [2.05, 4.69) is 15.9 Å². The van der Waals surface area contributed by atoms with Crippen LogP contribution >= 0.6 is 0 Å². The van der Waals surface area contributed by atoms with Crippen molar-refractivity contribution in [3.05, 3.63) is 34.2 Å². The lowest BCUT2D eigenvalue weighted by molar-refractivity contribution is -0.141. The number of Topliss-reactive ketones (excluding diaryl/α,β-unsaturated/α-hetero) is 2. The SMILES string of the molecule is COC1CC(=O)c2c(C(=O)[C@@H](NC(=O)[C@@H]3CCCN3C(=O)[C@H](C)NC(=O)[C@H](C)N)C(C)C)cccc2N([N+]=O)C1=O. The summed E-state index contributed by atoms with van der Waals surface area (Å²) in [6.45, 7) is 6.70. The Kier molecular flexibility index (Phi) is 10.0. The minimum Gasteiger partial charge on any atom is -0.371 e. The molecule has 1 aromatic rings. The summed E-state index contributed by atoms with van der Waals surface area (Å²) < 4.78 is 5.08. The molecule has 3 rings (SSSR count). The van der Waals surface area contributed by atoms with Crippen LogP contribution in [0.1, 0.15) is 67.7 Å². The first-order chi connectivity index (χ1) is 19.3. The van der Waals surface area contributed by atoms with Crippen LogP contribution in [0.25, 0.3) is 0 Å². The number of nitrogens with zero attached hydrogens (tertiary/aromatic N) is 3. The zero-order chi connectivity index (χ0) is 30.6. The molecule has 2 heterocycles. The number of nitrogens with one attached hydrogen (secondary N) is 2. The monoisotopic (exact) mass is 572 g/mol. The first kappa shape index (κ1) is 31.5. The Morgan fingerprint density at radius 2 is 1.78 bits per heavy atom. The zero-order valence-corrected chi connectivity index (χ0v) is 23.7. The Morgan fingerprint density at radius 1 is 1.10 bits per heavy atom. The summed E-state index contributed by atoms with van der Waals surface area (Å²) in [5.74, 6) is -4.01. The molecular weight excluding hydrogens is 536 g/mol. The Morgan fingerprint density at radius 3 is 2.37 bits per heavy atom. The van der Waals surface area contributed by atoms with Gasteiger partial charge < -0.3 is 26.0 Å². The van der Waals surface area contributed by atoms with Gasteiger partial charge in [-0.25, -0.2) is 0 Å². The van der Waals surface area contributed by atoms with Crippen LogP contribution in [0.2, 0.25) is 0 Å². The molecule has 5 atom stereocenters. The third-order valence-corrected chi connectivity index (χ3v) is 7.26. The number of amides is 4. The fourth-order valence-electron chi connectivity index (χ4n) is 5.01.